The highest BCUT2D eigenvalue weighted by Crippen LogP contribution is 2.14. The topological polar surface area (TPSA) is 78.9 Å². The first kappa shape index (κ1) is 63.6. The van der Waals surface area contributed by atoms with Gasteiger partial charge in [-0.2, -0.15) is 0 Å². The fourth-order valence-electron chi connectivity index (χ4n) is 7.59. The summed E-state index contributed by atoms with van der Waals surface area (Å²) in [6.07, 6.45) is 71.5. The Morgan fingerprint density at radius 1 is 0.299 bits per heavy atom. The molecule has 0 unspecified atom stereocenters. The molecule has 0 rings (SSSR count). The number of carbonyl (C=O) groups excluding carboxylic acids is 3. The van der Waals surface area contributed by atoms with Crippen molar-refractivity contribution in [3.8, 4) is 0 Å². The van der Waals surface area contributed by atoms with Gasteiger partial charge in [0.1, 0.15) is 13.2 Å². The van der Waals surface area contributed by atoms with Gasteiger partial charge in [0.2, 0.25) is 0 Å². The van der Waals surface area contributed by atoms with Crippen molar-refractivity contribution in [2.24, 2.45) is 0 Å². The average molecular weight is 933 g/mol. The molecule has 0 N–H and O–H groups in total. The van der Waals surface area contributed by atoms with E-state index in [0.717, 1.165) is 64.2 Å². The maximum atomic E-state index is 12.8. The summed E-state index contributed by atoms with van der Waals surface area (Å²) in [6.45, 7) is 6.52. The van der Waals surface area contributed by atoms with E-state index in [4.69, 9.17) is 14.2 Å². The Morgan fingerprint density at radius 2 is 0.567 bits per heavy atom. The number of ether oxygens (including phenoxy) is 3. The highest BCUT2D eigenvalue weighted by molar-refractivity contribution is 5.71. The van der Waals surface area contributed by atoms with Crippen LogP contribution in [0.4, 0.5) is 0 Å². The lowest BCUT2D eigenvalue weighted by atomic mass is 10.1. The maximum absolute atomic E-state index is 12.8. The summed E-state index contributed by atoms with van der Waals surface area (Å²) < 4.78 is 16.8. The molecule has 384 valence electrons. The van der Waals surface area contributed by atoms with Gasteiger partial charge in [0.25, 0.3) is 0 Å². The minimum Gasteiger partial charge on any atom is -0.462 e. The van der Waals surface area contributed by atoms with Crippen LogP contribution in [0, 0.1) is 0 Å². The van der Waals surface area contributed by atoms with E-state index in [1.165, 1.54) is 154 Å². The molecule has 0 aliphatic rings. The van der Waals surface area contributed by atoms with Crippen LogP contribution >= 0.6 is 0 Å². The summed E-state index contributed by atoms with van der Waals surface area (Å²) in [7, 11) is 0. The predicted octanol–water partition coefficient (Wildman–Crippen LogP) is 18.8. The highest BCUT2D eigenvalue weighted by atomic mass is 16.6. The number of hydrogen-bond donors (Lipinski definition) is 0. The molecule has 0 spiro atoms. The van der Waals surface area contributed by atoms with Crippen LogP contribution in [-0.2, 0) is 28.6 Å². The standard InChI is InChI=1S/C61H104O6/c1-4-7-10-13-16-19-22-25-28-29-30-31-34-36-39-42-45-48-51-54-60(63)66-57-58(67-61(64)55-52-49-46-43-40-37-33-27-24-21-18-15-12-9-6-3)56-65-59(62)53-50-47-44-41-38-35-32-26-23-20-17-14-11-8-5-2/h16,19-21,23-25,28,30-31,36,39,45,48,58H,4-15,17-18,22,26-27,29,32-35,37-38,40-44,46-47,49-57H2,1-3H3/b19-16-,23-20-,24-21-,28-25-,31-30-,39-36-,48-45-/t58-/m0/s1. The molecule has 6 heteroatoms. The Morgan fingerprint density at radius 3 is 0.970 bits per heavy atom. The summed E-state index contributed by atoms with van der Waals surface area (Å²) in [4.78, 5) is 38.1. The van der Waals surface area contributed by atoms with Gasteiger partial charge in [-0.3, -0.25) is 14.4 Å². The molecule has 0 aliphatic carbocycles. The molecule has 0 aromatic heterocycles. The van der Waals surface area contributed by atoms with Gasteiger partial charge in [0, 0.05) is 19.3 Å². The Bertz CT molecular complexity index is 1300. The van der Waals surface area contributed by atoms with E-state index < -0.39 is 6.10 Å². The second kappa shape index (κ2) is 55.2. The molecule has 0 radical (unpaired) electrons. The molecule has 6 nitrogen and oxygen atoms in total. The summed E-state index contributed by atoms with van der Waals surface area (Å²) in [5, 5.41) is 0. The van der Waals surface area contributed by atoms with E-state index in [9.17, 15) is 14.4 Å². The van der Waals surface area contributed by atoms with Gasteiger partial charge in [0.15, 0.2) is 6.10 Å². The van der Waals surface area contributed by atoms with Crippen molar-refractivity contribution < 1.29 is 28.6 Å². The Balaban J connectivity index is 4.50. The van der Waals surface area contributed by atoms with Crippen molar-refractivity contribution in [2.75, 3.05) is 13.2 Å². The third-order valence-electron chi connectivity index (χ3n) is 11.9. The lowest BCUT2D eigenvalue weighted by molar-refractivity contribution is -0.166. The number of esters is 3. The van der Waals surface area contributed by atoms with E-state index in [2.05, 4.69) is 99.8 Å². The highest BCUT2D eigenvalue weighted by Gasteiger charge is 2.19. The van der Waals surface area contributed by atoms with E-state index in [-0.39, 0.29) is 37.5 Å². The van der Waals surface area contributed by atoms with E-state index >= 15 is 0 Å². The largest absolute Gasteiger partial charge is 0.462 e. The zero-order valence-electron chi connectivity index (χ0n) is 43.9. The summed E-state index contributed by atoms with van der Waals surface area (Å²) >= 11 is 0. The van der Waals surface area contributed by atoms with Crippen molar-refractivity contribution in [1.82, 2.24) is 0 Å². The fourth-order valence-corrected chi connectivity index (χ4v) is 7.59. The number of unbranched alkanes of at least 4 members (excludes halogenated alkanes) is 25. The van der Waals surface area contributed by atoms with Crippen LogP contribution in [0.2, 0.25) is 0 Å². The first-order chi connectivity index (χ1) is 33.0. The Labute approximate surface area is 414 Å². The summed E-state index contributed by atoms with van der Waals surface area (Å²) in [5.41, 5.74) is 0. The molecule has 0 aromatic rings. The summed E-state index contributed by atoms with van der Waals surface area (Å²) in [6, 6.07) is 0. The number of rotatable bonds is 50. The van der Waals surface area contributed by atoms with Gasteiger partial charge >= 0.3 is 17.9 Å². The molecule has 67 heavy (non-hydrogen) atoms. The third kappa shape index (κ3) is 53.4. The van der Waals surface area contributed by atoms with Crippen molar-refractivity contribution >= 4 is 17.9 Å². The molecular formula is C61H104O6. The lowest BCUT2D eigenvalue weighted by Gasteiger charge is -2.18. The van der Waals surface area contributed by atoms with Gasteiger partial charge in [0.05, 0.1) is 0 Å². The molecule has 0 bridgehead atoms. The van der Waals surface area contributed by atoms with Crippen molar-refractivity contribution in [3.63, 3.8) is 0 Å². The fraction of sp³-hybridized carbons (Fsp3) is 0.721. The van der Waals surface area contributed by atoms with Crippen molar-refractivity contribution in [2.45, 2.75) is 271 Å². The SMILES string of the molecule is CCCCC/C=C\C/C=C\C/C=C\C/C=C\C/C=C\CCC(=O)OC[C@H](COC(=O)CCCCCCCCC/C=C\CCCCCC)OC(=O)CCCCCCCCC/C=C\CCCCCC. The summed E-state index contributed by atoms with van der Waals surface area (Å²) in [5.74, 6) is -0.995. The quantitative estimate of drug-likeness (QED) is 0.0262. The van der Waals surface area contributed by atoms with Crippen LogP contribution in [-0.4, -0.2) is 37.2 Å². The van der Waals surface area contributed by atoms with Gasteiger partial charge < -0.3 is 14.2 Å². The van der Waals surface area contributed by atoms with Crippen molar-refractivity contribution in [1.29, 1.82) is 0 Å². The van der Waals surface area contributed by atoms with Crippen LogP contribution in [0.3, 0.4) is 0 Å². The molecule has 1 atom stereocenters. The van der Waals surface area contributed by atoms with Gasteiger partial charge in [-0.1, -0.05) is 221 Å². The molecule has 0 aromatic carbocycles. The second-order valence-electron chi connectivity index (χ2n) is 18.5. The molecule has 0 saturated heterocycles. The molecule has 0 saturated carbocycles. The van der Waals surface area contributed by atoms with Gasteiger partial charge in [-0.05, 0) is 109 Å². The third-order valence-corrected chi connectivity index (χ3v) is 11.9. The number of carbonyl (C=O) groups is 3. The molecular weight excluding hydrogens is 829 g/mol. The second-order valence-corrected chi connectivity index (χ2v) is 18.5. The average Bonchev–Trinajstić information content (AvgIpc) is 3.33. The Hall–Kier alpha value is -3.41. The van der Waals surface area contributed by atoms with Gasteiger partial charge in [-0.15, -0.1) is 0 Å². The molecule has 0 amide bonds. The molecule has 0 heterocycles. The normalized spacial score (nSPS) is 12.7. The van der Waals surface area contributed by atoms with Gasteiger partial charge in [-0.25, -0.2) is 0 Å². The van der Waals surface area contributed by atoms with Crippen LogP contribution < -0.4 is 0 Å². The smallest absolute Gasteiger partial charge is 0.306 e. The van der Waals surface area contributed by atoms with Crippen molar-refractivity contribution in [3.05, 3.63) is 85.1 Å². The zero-order valence-corrected chi connectivity index (χ0v) is 43.9. The minimum absolute atomic E-state index is 0.103. The van der Waals surface area contributed by atoms with Crippen LogP contribution in [0.1, 0.15) is 265 Å². The lowest BCUT2D eigenvalue weighted by Crippen LogP contribution is -2.30. The first-order valence-electron chi connectivity index (χ1n) is 28.1. The van der Waals surface area contributed by atoms with E-state index in [1.807, 2.05) is 6.08 Å². The molecule has 0 fully saturated rings. The molecule has 0 aliphatic heterocycles. The van der Waals surface area contributed by atoms with E-state index in [1.54, 1.807) is 0 Å². The minimum atomic E-state index is -0.810. The predicted molar refractivity (Wildman–Crippen MR) is 288 cm³/mol. The zero-order chi connectivity index (χ0) is 48.6. The Kier molecular flexibility index (Phi) is 52.4. The number of hydrogen-bond acceptors (Lipinski definition) is 6. The van der Waals surface area contributed by atoms with Crippen LogP contribution in [0.25, 0.3) is 0 Å². The number of allylic oxidation sites excluding steroid dienone is 14. The van der Waals surface area contributed by atoms with E-state index in [0.29, 0.717) is 19.3 Å². The first-order valence-corrected chi connectivity index (χ1v) is 28.1. The monoisotopic (exact) mass is 933 g/mol. The maximum Gasteiger partial charge on any atom is 0.306 e. The van der Waals surface area contributed by atoms with Crippen LogP contribution in [0.5, 0.6) is 0 Å². The van der Waals surface area contributed by atoms with Crippen LogP contribution in [0.15, 0.2) is 85.1 Å².